The number of carbonyl (C=O) groups excluding carboxylic acids is 1. The third-order valence-electron chi connectivity index (χ3n) is 3.62. The lowest BCUT2D eigenvalue weighted by molar-refractivity contribution is -0.122. The number of carbonyl (C=O) groups is 1. The fourth-order valence-electron chi connectivity index (χ4n) is 2.26. The van der Waals surface area contributed by atoms with Crippen molar-refractivity contribution in [3.05, 3.63) is 28.9 Å². The lowest BCUT2D eigenvalue weighted by Gasteiger charge is -2.21. The summed E-state index contributed by atoms with van der Waals surface area (Å²) in [6.07, 6.45) is 2.82. The highest BCUT2D eigenvalue weighted by atomic mass is 32.2. The van der Waals surface area contributed by atoms with E-state index in [0.717, 1.165) is 4.31 Å². The van der Waals surface area contributed by atoms with Crippen LogP contribution >= 0.6 is 0 Å². The molecule has 0 aliphatic carbocycles. The predicted molar refractivity (Wildman–Crippen MR) is 82.2 cm³/mol. The van der Waals surface area contributed by atoms with Gasteiger partial charge in [0, 0.05) is 32.4 Å². The van der Waals surface area contributed by atoms with Crippen LogP contribution < -0.4 is 11.0 Å². The van der Waals surface area contributed by atoms with Crippen LogP contribution in [0.15, 0.2) is 23.3 Å². The van der Waals surface area contributed by atoms with Crippen LogP contribution in [0.4, 0.5) is 0 Å². The highest BCUT2D eigenvalue weighted by Crippen LogP contribution is 2.17. The summed E-state index contributed by atoms with van der Waals surface area (Å²) in [5.41, 5.74) is -0.517. The molecule has 0 bridgehead atoms. The van der Waals surface area contributed by atoms with Gasteiger partial charge in [0.05, 0.1) is 25.0 Å². The van der Waals surface area contributed by atoms with Gasteiger partial charge in [-0.25, -0.2) is 22.5 Å². The molecule has 1 N–H and O–H groups in total. The first-order chi connectivity index (χ1) is 10.8. The SMILES string of the molecule is CN(C)S(=O)(=O)C[C@@H]1COC[C@H]1NC(=O)Cn1cccnc1=O. The summed E-state index contributed by atoms with van der Waals surface area (Å²) >= 11 is 0. The van der Waals surface area contributed by atoms with E-state index >= 15 is 0 Å². The van der Waals surface area contributed by atoms with Gasteiger partial charge in [-0.05, 0) is 6.07 Å². The number of ether oxygens (including phenoxy) is 1. The van der Waals surface area contributed by atoms with Crippen LogP contribution in [0.25, 0.3) is 0 Å². The van der Waals surface area contributed by atoms with Crippen molar-refractivity contribution < 1.29 is 17.9 Å². The highest BCUT2D eigenvalue weighted by Gasteiger charge is 2.34. The van der Waals surface area contributed by atoms with E-state index in [0.29, 0.717) is 0 Å². The van der Waals surface area contributed by atoms with Crippen LogP contribution in [0, 0.1) is 5.92 Å². The minimum absolute atomic E-state index is 0.0994. The molecule has 23 heavy (non-hydrogen) atoms. The number of hydrogen-bond donors (Lipinski definition) is 1. The van der Waals surface area contributed by atoms with E-state index in [9.17, 15) is 18.0 Å². The van der Waals surface area contributed by atoms with E-state index in [-0.39, 0.29) is 37.3 Å². The zero-order chi connectivity index (χ0) is 17.0. The molecular formula is C13H20N4O5S. The maximum Gasteiger partial charge on any atom is 0.347 e. The zero-order valence-electron chi connectivity index (χ0n) is 13.0. The minimum atomic E-state index is -3.38. The Kier molecular flexibility index (Phi) is 5.50. The Balaban J connectivity index is 1.97. The Morgan fingerprint density at radius 3 is 2.87 bits per heavy atom. The van der Waals surface area contributed by atoms with Gasteiger partial charge < -0.3 is 10.1 Å². The highest BCUT2D eigenvalue weighted by molar-refractivity contribution is 7.89. The van der Waals surface area contributed by atoms with Gasteiger partial charge in [-0.3, -0.25) is 9.36 Å². The monoisotopic (exact) mass is 344 g/mol. The Morgan fingerprint density at radius 1 is 1.48 bits per heavy atom. The van der Waals surface area contributed by atoms with Crippen LogP contribution in [0.3, 0.4) is 0 Å². The first kappa shape index (κ1) is 17.6. The van der Waals surface area contributed by atoms with Crippen molar-refractivity contribution in [2.24, 2.45) is 5.92 Å². The zero-order valence-corrected chi connectivity index (χ0v) is 13.8. The van der Waals surface area contributed by atoms with Gasteiger partial charge in [0.2, 0.25) is 15.9 Å². The summed E-state index contributed by atoms with van der Waals surface area (Å²) in [6.45, 7) is 0.350. The fraction of sp³-hybridized carbons (Fsp3) is 0.615. The summed E-state index contributed by atoms with van der Waals surface area (Å²) in [4.78, 5) is 27.1. The molecule has 0 spiro atoms. The van der Waals surface area contributed by atoms with E-state index < -0.39 is 21.8 Å². The first-order valence-electron chi connectivity index (χ1n) is 7.08. The van der Waals surface area contributed by atoms with Gasteiger partial charge in [-0.2, -0.15) is 0 Å². The van der Waals surface area contributed by atoms with Gasteiger partial charge in [0.1, 0.15) is 6.54 Å². The average molecular weight is 344 g/mol. The molecule has 2 heterocycles. The predicted octanol–water partition coefficient (Wildman–Crippen LogP) is -1.73. The lowest BCUT2D eigenvalue weighted by atomic mass is 10.1. The molecule has 1 aromatic rings. The van der Waals surface area contributed by atoms with Gasteiger partial charge in [0.15, 0.2) is 0 Å². The largest absolute Gasteiger partial charge is 0.379 e. The van der Waals surface area contributed by atoms with Crippen molar-refractivity contribution in [3.63, 3.8) is 0 Å². The summed E-state index contributed by atoms with van der Waals surface area (Å²) in [5.74, 6) is -0.808. The van der Waals surface area contributed by atoms with Gasteiger partial charge in [-0.1, -0.05) is 0 Å². The van der Waals surface area contributed by atoms with Gasteiger partial charge >= 0.3 is 5.69 Å². The molecule has 0 unspecified atom stereocenters. The standard InChI is InChI=1S/C13H20N4O5S/c1-16(2)23(20,21)9-10-7-22-8-11(10)15-12(18)6-17-5-3-4-14-13(17)19/h3-5,10-11H,6-9H2,1-2H3,(H,15,18)/t10-,11+/m0/s1. The summed E-state index contributed by atoms with van der Waals surface area (Å²) < 4.78 is 31.5. The van der Waals surface area contributed by atoms with Crippen LogP contribution in [0.5, 0.6) is 0 Å². The Hall–Kier alpha value is -1.78. The molecule has 0 aromatic carbocycles. The molecule has 1 aromatic heterocycles. The Morgan fingerprint density at radius 2 is 2.22 bits per heavy atom. The molecule has 1 saturated heterocycles. The lowest BCUT2D eigenvalue weighted by Crippen LogP contribution is -2.45. The molecule has 1 fully saturated rings. The first-order valence-corrected chi connectivity index (χ1v) is 8.69. The second-order valence-corrected chi connectivity index (χ2v) is 7.79. The number of rotatable bonds is 6. The van der Waals surface area contributed by atoms with Crippen LogP contribution in [-0.4, -0.2) is 67.3 Å². The van der Waals surface area contributed by atoms with Crippen LogP contribution in [0.2, 0.25) is 0 Å². The topological polar surface area (TPSA) is 111 Å². The number of nitrogens with one attached hydrogen (secondary N) is 1. The Bertz CT molecular complexity index is 715. The molecule has 9 nitrogen and oxygen atoms in total. The number of sulfonamides is 1. The summed E-state index contributed by atoms with van der Waals surface area (Å²) in [5, 5.41) is 2.73. The van der Waals surface area contributed by atoms with Crippen molar-refractivity contribution in [1.29, 1.82) is 0 Å². The van der Waals surface area contributed by atoms with E-state index in [2.05, 4.69) is 10.3 Å². The fourth-order valence-corrected chi connectivity index (χ4v) is 3.42. The van der Waals surface area contributed by atoms with Gasteiger partial charge in [0.25, 0.3) is 0 Å². The second kappa shape index (κ2) is 7.20. The minimum Gasteiger partial charge on any atom is -0.379 e. The summed E-state index contributed by atoms with van der Waals surface area (Å²) in [6, 6.07) is 1.16. The average Bonchev–Trinajstić information content (AvgIpc) is 2.87. The van der Waals surface area contributed by atoms with E-state index in [4.69, 9.17) is 4.74 Å². The maximum absolute atomic E-state index is 12.1. The van der Waals surface area contributed by atoms with Crippen molar-refractivity contribution >= 4 is 15.9 Å². The second-order valence-electron chi connectivity index (χ2n) is 5.56. The number of nitrogens with zero attached hydrogens (tertiary/aromatic N) is 3. The molecular weight excluding hydrogens is 324 g/mol. The van der Waals surface area contributed by atoms with Crippen LogP contribution in [-0.2, 0) is 26.1 Å². The molecule has 128 valence electrons. The van der Waals surface area contributed by atoms with Gasteiger partial charge in [-0.15, -0.1) is 0 Å². The normalized spacial score (nSPS) is 21.5. The molecule has 2 atom stereocenters. The smallest absolute Gasteiger partial charge is 0.347 e. The van der Waals surface area contributed by atoms with Crippen molar-refractivity contribution in [3.8, 4) is 0 Å². The van der Waals surface area contributed by atoms with Crippen molar-refractivity contribution in [2.75, 3.05) is 33.1 Å². The molecule has 0 saturated carbocycles. The Labute approximate surface area is 134 Å². The van der Waals surface area contributed by atoms with E-state index in [1.54, 1.807) is 6.07 Å². The third kappa shape index (κ3) is 4.60. The van der Waals surface area contributed by atoms with Crippen molar-refractivity contribution in [1.82, 2.24) is 19.2 Å². The van der Waals surface area contributed by atoms with E-state index in [1.165, 1.54) is 31.1 Å². The molecule has 1 aliphatic rings. The third-order valence-corrected chi connectivity index (χ3v) is 5.58. The van der Waals surface area contributed by atoms with Crippen LogP contribution in [0.1, 0.15) is 0 Å². The molecule has 1 aliphatic heterocycles. The number of aromatic nitrogens is 2. The number of hydrogen-bond acceptors (Lipinski definition) is 6. The molecule has 2 rings (SSSR count). The van der Waals surface area contributed by atoms with E-state index in [1.807, 2.05) is 0 Å². The molecule has 10 heteroatoms. The maximum atomic E-state index is 12.1. The summed E-state index contributed by atoms with van der Waals surface area (Å²) in [7, 11) is -0.447. The number of amides is 1. The molecule has 1 amide bonds. The molecule has 0 radical (unpaired) electrons. The van der Waals surface area contributed by atoms with Crippen molar-refractivity contribution in [2.45, 2.75) is 12.6 Å². The quantitative estimate of drug-likeness (QED) is 0.656.